The highest BCUT2D eigenvalue weighted by Gasteiger charge is 2.24. The maximum Gasteiger partial charge on any atom is 0.326 e. The van der Waals surface area contributed by atoms with E-state index >= 15 is 0 Å². The van der Waals surface area contributed by atoms with Crippen LogP contribution in [0.25, 0.3) is 11.0 Å². The number of nitrogens with zero attached hydrogens (tertiary/aromatic N) is 2. The zero-order valence-electron chi connectivity index (χ0n) is 16.1. The highest BCUT2D eigenvalue weighted by Crippen LogP contribution is 2.30. The smallest absolute Gasteiger partial charge is 0.326 e. The van der Waals surface area contributed by atoms with E-state index < -0.39 is 0 Å². The predicted octanol–water partition coefficient (Wildman–Crippen LogP) is 3.84. The SMILES string of the molecule is O=C(NCCN1CCC(n2c(=O)[nH]c3cc(Cl)c(Cl)cc32)CC1)c1ccc(F)cc1. The number of H-pyrrole nitrogens is 1. The third-order valence-electron chi connectivity index (χ3n) is 5.50. The number of fused-ring (bicyclic) bond motifs is 1. The molecule has 0 radical (unpaired) electrons. The number of hydrogen-bond acceptors (Lipinski definition) is 3. The summed E-state index contributed by atoms with van der Waals surface area (Å²) in [6, 6.07) is 8.96. The largest absolute Gasteiger partial charge is 0.351 e. The van der Waals surface area contributed by atoms with E-state index in [1.54, 1.807) is 16.7 Å². The summed E-state index contributed by atoms with van der Waals surface area (Å²) in [7, 11) is 0. The molecule has 30 heavy (non-hydrogen) atoms. The number of amides is 1. The standard InChI is InChI=1S/C21H21Cl2FN4O2/c22-16-11-18-19(12-17(16)23)28(21(30)26-18)15-5-8-27(9-6-15)10-7-25-20(29)13-1-3-14(24)4-2-13/h1-4,11-12,15H,5-10H2,(H,25,29)(H,26,30). The molecule has 0 spiro atoms. The van der Waals surface area contributed by atoms with E-state index in [0.29, 0.717) is 34.2 Å². The van der Waals surface area contributed by atoms with Crippen LogP contribution >= 0.6 is 23.2 Å². The second-order valence-electron chi connectivity index (χ2n) is 7.42. The number of likely N-dealkylation sites (tertiary alicyclic amines) is 1. The molecule has 3 aromatic rings. The Kier molecular flexibility index (Phi) is 6.13. The van der Waals surface area contributed by atoms with Crippen molar-refractivity contribution in [1.82, 2.24) is 19.8 Å². The van der Waals surface area contributed by atoms with Crippen LogP contribution in [0.15, 0.2) is 41.2 Å². The number of rotatable bonds is 5. The molecule has 2 aromatic carbocycles. The van der Waals surface area contributed by atoms with Crippen molar-refractivity contribution in [1.29, 1.82) is 0 Å². The summed E-state index contributed by atoms with van der Waals surface area (Å²) in [5, 5.41) is 3.69. The van der Waals surface area contributed by atoms with E-state index in [1.807, 2.05) is 0 Å². The van der Waals surface area contributed by atoms with Crippen LogP contribution < -0.4 is 11.0 Å². The summed E-state index contributed by atoms with van der Waals surface area (Å²) in [5.74, 6) is -0.583. The van der Waals surface area contributed by atoms with Crippen molar-refractivity contribution < 1.29 is 9.18 Å². The Balaban J connectivity index is 1.32. The summed E-state index contributed by atoms with van der Waals surface area (Å²) < 4.78 is 14.7. The van der Waals surface area contributed by atoms with Crippen molar-refractivity contribution in [2.75, 3.05) is 26.2 Å². The van der Waals surface area contributed by atoms with Crippen LogP contribution in [-0.4, -0.2) is 46.5 Å². The second kappa shape index (κ2) is 8.79. The molecule has 6 nitrogen and oxygen atoms in total. The molecule has 1 amide bonds. The van der Waals surface area contributed by atoms with Gasteiger partial charge in [-0.25, -0.2) is 9.18 Å². The van der Waals surface area contributed by atoms with Crippen molar-refractivity contribution in [3.63, 3.8) is 0 Å². The number of carbonyl (C=O) groups is 1. The van der Waals surface area contributed by atoms with Crippen molar-refractivity contribution >= 4 is 40.1 Å². The first kappa shape index (κ1) is 20.9. The molecule has 2 heterocycles. The first-order chi connectivity index (χ1) is 14.4. The number of hydrogen-bond donors (Lipinski definition) is 2. The molecule has 0 bridgehead atoms. The Morgan fingerprint density at radius 1 is 1.13 bits per heavy atom. The van der Waals surface area contributed by atoms with E-state index in [0.717, 1.165) is 31.4 Å². The number of imidazole rings is 1. The van der Waals surface area contributed by atoms with E-state index in [9.17, 15) is 14.0 Å². The summed E-state index contributed by atoms with van der Waals surface area (Å²) in [5.41, 5.74) is 1.72. The van der Waals surface area contributed by atoms with Crippen LogP contribution in [0.2, 0.25) is 10.0 Å². The van der Waals surface area contributed by atoms with Crippen LogP contribution in [0.1, 0.15) is 29.2 Å². The van der Waals surface area contributed by atoms with Gasteiger partial charge < -0.3 is 15.2 Å². The molecule has 0 atom stereocenters. The van der Waals surface area contributed by atoms with E-state index in [-0.39, 0.29) is 23.5 Å². The molecule has 1 fully saturated rings. The van der Waals surface area contributed by atoms with Gasteiger partial charge in [0.05, 0.1) is 21.1 Å². The minimum atomic E-state index is -0.367. The van der Waals surface area contributed by atoms with Gasteiger partial charge in [-0.1, -0.05) is 23.2 Å². The minimum absolute atomic E-state index is 0.0774. The van der Waals surface area contributed by atoms with Gasteiger partial charge in [0.25, 0.3) is 5.91 Å². The number of nitrogens with one attached hydrogen (secondary N) is 2. The Morgan fingerprint density at radius 2 is 1.80 bits per heavy atom. The predicted molar refractivity (Wildman–Crippen MR) is 116 cm³/mol. The van der Waals surface area contributed by atoms with Gasteiger partial charge in [0, 0.05) is 37.8 Å². The third-order valence-corrected chi connectivity index (χ3v) is 6.22. The number of aromatic amines is 1. The second-order valence-corrected chi connectivity index (χ2v) is 8.23. The molecule has 0 saturated carbocycles. The zero-order valence-corrected chi connectivity index (χ0v) is 17.6. The molecule has 1 saturated heterocycles. The normalized spacial score (nSPS) is 15.6. The summed E-state index contributed by atoms with van der Waals surface area (Å²) in [6.45, 7) is 2.85. The Hall–Kier alpha value is -2.35. The molecular weight excluding hydrogens is 430 g/mol. The van der Waals surface area contributed by atoms with Crippen LogP contribution in [0.4, 0.5) is 4.39 Å². The van der Waals surface area contributed by atoms with Crippen LogP contribution in [0.3, 0.4) is 0 Å². The highest BCUT2D eigenvalue weighted by atomic mass is 35.5. The number of piperidine rings is 1. The quantitative estimate of drug-likeness (QED) is 0.620. The minimum Gasteiger partial charge on any atom is -0.351 e. The van der Waals surface area contributed by atoms with E-state index in [2.05, 4.69) is 15.2 Å². The number of halogens is 3. The molecule has 9 heteroatoms. The lowest BCUT2D eigenvalue weighted by atomic mass is 10.0. The van der Waals surface area contributed by atoms with Crippen molar-refractivity contribution in [3.05, 3.63) is 68.3 Å². The van der Waals surface area contributed by atoms with Crippen molar-refractivity contribution in [3.8, 4) is 0 Å². The fourth-order valence-corrected chi connectivity index (χ4v) is 4.24. The first-order valence-corrected chi connectivity index (χ1v) is 10.5. The third kappa shape index (κ3) is 4.38. The maximum absolute atomic E-state index is 13.0. The van der Waals surface area contributed by atoms with E-state index in [1.165, 1.54) is 24.3 Å². The topological polar surface area (TPSA) is 70.1 Å². The number of aromatic nitrogens is 2. The van der Waals surface area contributed by atoms with Gasteiger partial charge in [-0.05, 0) is 49.2 Å². The van der Waals surface area contributed by atoms with Gasteiger partial charge in [-0.3, -0.25) is 9.36 Å². The van der Waals surface area contributed by atoms with Crippen LogP contribution in [0.5, 0.6) is 0 Å². The maximum atomic E-state index is 13.0. The van der Waals surface area contributed by atoms with Gasteiger partial charge in [-0.15, -0.1) is 0 Å². The fourth-order valence-electron chi connectivity index (χ4n) is 3.92. The van der Waals surface area contributed by atoms with Crippen LogP contribution in [-0.2, 0) is 0 Å². The van der Waals surface area contributed by atoms with Gasteiger partial charge in [0.2, 0.25) is 0 Å². The van der Waals surface area contributed by atoms with Gasteiger partial charge in [0.1, 0.15) is 5.82 Å². The molecular formula is C21H21Cl2FN4O2. The molecule has 1 aromatic heterocycles. The fraction of sp³-hybridized carbons (Fsp3) is 0.333. The Labute approximate surface area is 182 Å². The number of carbonyl (C=O) groups excluding carboxylic acids is 1. The Morgan fingerprint density at radius 3 is 2.50 bits per heavy atom. The zero-order chi connectivity index (χ0) is 21.3. The van der Waals surface area contributed by atoms with Crippen molar-refractivity contribution in [2.24, 2.45) is 0 Å². The molecule has 4 rings (SSSR count). The molecule has 1 aliphatic rings. The van der Waals surface area contributed by atoms with Gasteiger partial charge in [-0.2, -0.15) is 0 Å². The highest BCUT2D eigenvalue weighted by molar-refractivity contribution is 6.42. The molecule has 158 valence electrons. The molecule has 1 aliphatic heterocycles. The summed E-state index contributed by atoms with van der Waals surface area (Å²) in [6.07, 6.45) is 1.64. The molecule has 0 aliphatic carbocycles. The summed E-state index contributed by atoms with van der Waals surface area (Å²) >= 11 is 12.2. The lowest BCUT2D eigenvalue weighted by molar-refractivity contribution is 0.0944. The molecule has 2 N–H and O–H groups in total. The summed E-state index contributed by atoms with van der Waals surface area (Å²) in [4.78, 5) is 29.7. The average molecular weight is 451 g/mol. The van der Waals surface area contributed by atoms with Crippen LogP contribution in [0, 0.1) is 5.82 Å². The monoisotopic (exact) mass is 450 g/mol. The lowest BCUT2D eigenvalue weighted by Crippen LogP contribution is -2.41. The number of benzene rings is 2. The lowest BCUT2D eigenvalue weighted by Gasteiger charge is -2.32. The van der Waals surface area contributed by atoms with Crippen molar-refractivity contribution in [2.45, 2.75) is 18.9 Å². The molecule has 0 unspecified atom stereocenters. The van der Waals surface area contributed by atoms with Gasteiger partial charge >= 0.3 is 5.69 Å². The van der Waals surface area contributed by atoms with E-state index in [4.69, 9.17) is 23.2 Å². The Bertz CT molecular complexity index is 1120. The van der Waals surface area contributed by atoms with Gasteiger partial charge in [0.15, 0.2) is 0 Å². The first-order valence-electron chi connectivity index (χ1n) is 9.78. The average Bonchev–Trinajstić information content (AvgIpc) is 3.04.